The lowest BCUT2D eigenvalue weighted by atomic mass is 9.74. The molecule has 2 fully saturated rings. The molecule has 37 heavy (non-hydrogen) atoms. The minimum absolute atomic E-state index is 0.0303. The summed E-state index contributed by atoms with van der Waals surface area (Å²) in [5, 5.41) is 23.7. The number of cyclic esters (lactones) is 1. The van der Waals surface area contributed by atoms with E-state index in [0.717, 1.165) is 40.9 Å². The Hall–Kier alpha value is -1.87. The topological polar surface area (TPSA) is 109 Å². The second-order valence-electron chi connectivity index (χ2n) is 11.9. The summed E-state index contributed by atoms with van der Waals surface area (Å²) in [6, 6.07) is 5.48. The Morgan fingerprint density at radius 3 is 2.62 bits per heavy atom. The minimum atomic E-state index is -1.83. The van der Waals surface area contributed by atoms with Crippen LogP contribution in [0.4, 0.5) is 0 Å². The van der Waals surface area contributed by atoms with E-state index in [-0.39, 0.29) is 18.1 Å². The van der Waals surface area contributed by atoms with Crippen molar-refractivity contribution in [2.24, 2.45) is 17.3 Å². The molecule has 3 heterocycles. The average molecular weight is 532 g/mol. The molecule has 7 nitrogen and oxygen atoms in total. The third kappa shape index (κ3) is 5.63. The van der Waals surface area contributed by atoms with Crippen molar-refractivity contribution >= 4 is 33.3 Å². The van der Waals surface area contributed by atoms with Gasteiger partial charge in [0, 0.05) is 17.8 Å². The first-order valence-corrected chi connectivity index (χ1v) is 14.3. The van der Waals surface area contributed by atoms with Crippen molar-refractivity contribution < 1.29 is 29.3 Å². The highest BCUT2D eigenvalue weighted by molar-refractivity contribution is 7.18. The highest BCUT2D eigenvalue weighted by atomic mass is 32.1. The number of aliphatic hydroxyl groups excluding tert-OH is 1. The van der Waals surface area contributed by atoms with Gasteiger partial charge in [-0.3, -0.25) is 9.59 Å². The fourth-order valence-corrected chi connectivity index (χ4v) is 6.63. The van der Waals surface area contributed by atoms with E-state index in [1.54, 1.807) is 30.4 Å². The number of hydrogen-bond acceptors (Lipinski definition) is 8. The number of aromatic nitrogens is 1. The number of hydrogen-bond donors (Lipinski definition) is 2. The molecule has 2 N–H and O–H groups in total. The standard InChI is InChI=1S/C29H41NO6S/c1-7-19-15-17(2)9-8-13-28(6)29(34,36-28)26(33)24(35-23(31)12-14-27(4,5)25(19)32)20-10-11-22-21(16-20)30-18(3)37-22/h10-11,16-17,19,24,26,33-34H,7-9,12-15H2,1-6H3. The van der Waals surface area contributed by atoms with Crippen LogP contribution in [-0.2, 0) is 19.1 Å². The predicted molar refractivity (Wildman–Crippen MR) is 143 cm³/mol. The first-order valence-electron chi connectivity index (χ1n) is 13.5. The van der Waals surface area contributed by atoms with Crippen molar-refractivity contribution in [3.63, 3.8) is 0 Å². The minimum Gasteiger partial charge on any atom is -0.454 e. The number of benzene rings is 1. The summed E-state index contributed by atoms with van der Waals surface area (Å²) in [6.45, 7) is 11.7. The molecule has 0 aliphatic carbocycles. The Labute approximate surface area is 223 Å². The summed E-state index contributed by atoms with van der Waals surface area (Å²) in [6.07, 6.45) is 1.56. The molecule has 6 atom stereocenters. The van der Waals surface area contributed by atoms with E-state index in [0.29, 0.717) is 24.3 Å². The van der Waals surface area contributed by atoms with Gasteiger partial charge < -0.3 is 19.7 Å². The molecule has 2 aromatic rings. The number of carbonyl (C=O) groups excluding carboxylic acids is 2. The van der Waals surface area contributed by atoms with Crippen LogP contribution in [0.25, 0.3) is 10.2 Å². The van der Waals surface area contributed by atoms with Crippen LogP contribution in [0.1, 0.15) is 96.2 Å². The van der Waals surface area contributed by atoms with Gasteiger partial charge in [0.1, 0.15) is 11.4 Å². The van der Waals surface area contributed by atoms with E-state index in [1.807, 2.05) is 33.8 Å². The summed E-state index contributed by atoms with van der Waals surface area (Å²) in [5.41, 5.74) is -0.330. The molecule has 2 saturated heterocycles. The van der Waals surface area contributed by atoms with Crippen molar-refractivity contribution in [3.8, 4) is 0 Å². The maximum atomic E-state index is 13.4. The molecule has 2 aliphatic rings. The van der Waals surface area contributed by atoms with Crippen LogP contribution >= 0.6 is 11.3 Å². The number of Topliss-reactive ketones (excluding diaryl/α,β-unsaturated/α-hetero) is 1. The molecule has 8 heteroatoms. The number of aliphatic hydroxyl groups is 2. The third-order valence-electron chi connectivity index (χ3n) is 8.41. The van der Waals surface area contributed by atoms with E-state index in [4.69, 9.17) is 9.47 Å². The maximum absolute atomic E-state index is 13.4. The molecule has 2 aliphatic heterocycles. The van der Waals surface area contributed by atoms with E-state index in [9.17, 15) is 19.8 Å². The van der Waals surface area contributed by atoms with Gasteiger partial charge in [-0.2, -0.15) is 0 Å². The van der Waals surface area contributed by atoms with Crippen LogP contribution in [0.3, 0.4) is 0 Å². The van der Waals surface area contributed by atoms with Gasteiger partial charge in [-0.1, -0.05) is 46.6 Å². The number of carbonyl (C=O) groups is 2. The molecule has 0 radical (unpaired) electrons. The smallest absolute Gasteiger partial charge is 0.306 e. The zero-order chi connectivity index (χ0) is 27.2. The van der Waals surface area contributed by atoms with E-state index in [2.05, 4.69) is 11.9 Å². The average Bonchev–Trinajstić information content (AvgIpc) is 3.19. The van der Waals surface area contributed by atoms with Crippen molar-refractivity contribution in [3.05, 3.63) is 28.8 Å². The molecule has 1 aromatic carbocycles. The van der Waals surface area contributed by atoms with Crippen molar-refractivity contribution in [1.29, 1.82) is 0 Å². The number of epoxide rings is 1. The van der Waals surface area contributed by atoms with E-state index in [1.165, 1.54) is 0 Å². The Balaban J connectivity index is 1.66. The van der Waals surface area contributed by atoms with Crippen LogP contribution in [0.15, 0.2) is 18.2 Å². The zero-order valence-electron chi connectivity index (χ0n) is 22.9. The first kappa shape index (κ1) is 28.1. The molecular weight excluding hydrogens is 490 g/mol. The SMILES string of the molecule is CCC1CC(C)CCCC2(C)OC2(O)C(O)C(c2ccc3sc(C)nc3c2)OC(=O)CCC(C)(C)C1=O. The van der Waals surface area contributed by atoms with Gasteiger partial charge in [0.25, 0.3) is 0 Å². The molecule has 4 rings (SSSR count). The number of nitrogens with zero attached hydrogens (tertiary/aromatic N) is 1. The van der Waals surface area contributed by atoms with Crippen molar-refractivity contribution in [2.75, 3.05) is 0 Å². The van der Waals surface area contributed by atoms with Crippen LogP contribution < -0.4 is 0 Å². The maximum Gasteiger partial charge on any atom is 0.306 e. The Morgan fingerprint density at radius 2 is 1.92 bits per heavy atom. The van der Waals surface area contributed by atoms with Gasteiger partial charge >= 0.3 is 5.97 Å². The Kier molecular flexibility index (Phi) is 7.88. The summed E-state index contributed by atoms with van der Waals surface area (Å²) >= 11 is 1.56. The quantitative estimate of drug-likeness (QED) is 0.381. The van der Waals surface area contributed by atoms with Crippen molar-refractivity contribution in [1.82, 2.24) is 4.98 Å². The fraction of sp³-hybridized carbons (Fsp3) is 0.690. The molecule has 6 unspecified atom stereocenters. The molecule has 204 valence electrons. The normalized spacial score (nSPS) is 35.7. The Morgan fingerprint density at radius 1 is 1.19 bits per heavy atom. The van der Waals surface area contributed by atoms with Crippen LogP contribution in [0.5, 0.6) is 0 Å². The van der Waals surface area contributed by atoms with Gasteiger partial charge in [-0.15, -0.1) is 11.3 Å². The number of thiazole rings is 1. The molecular formula is C29H41NO6S. The largest absolute Gasteiger partial charge is 0.454 e. The van der Waals surface area contributed by atoms with E-state index >= 15 is 0 Å². The lowest BCUT2D eigenvalue weighted by Crippen LogP contribution is -2.42. The fourth-order valence-electron chi connectivity index (χ4n) is 5.82. The lowest BCUT2D eigenvalue weighted by Gasteiger charge is -2.31. The second kappa shape index (κ2) is 10.4. The molecule has 0 bridgehead atoms. The van der Waals surface area contributed by atoms with Gasteiger partial charge in [-0.05, 0) is 63.1 Å². The van der Waals surface area contributed by atoms with Crippen LogP contribution in [-0.4, -0.2) is 44.4 Å². The van der Waals surface area contributed by atoms with Crippen LogP contribution in [0, 0.1) is 24.2 Å². The lowest BCUT2D eigenvalue weighted by molar-refractivity contribution is -0.171. The molecule has 0 saturated carbocycles. The van der Waals surface area contributed by atoms with Crippen LogP contribution in [0.2, 0.25) is 0 Å². The number of ether oxygens (including phenoxy) is 2. The molecule has 0 amide bonds. The number of ketones is 1. The summed E-state index contributed by atoms with van der Waals surface area (Å²) < 4.78 is 12.6. The monoisotopic (exact) mass is 531 g/mol. The molecule has 0 spiro atoms. The van der Waals surface area contributed by atoms with E-state index < -0.39 is 35.0 Å². The highest BCUT2D eigenvalue weighted by Crippen LogP contribution is 2.54. The first-order chi connectivity index (χ1) is 17.3. The molecule has 1 aromatic heterocycles. The summed E-state index contributed by atoms with van der Waals surface area (Å²) in [4.78, 5) is 31.0. The number of esters is 1. The third-order valence-corrected chi connectivity index (χ3v) is 9.36. The summed E-state index contributed by atoms with van der Waals surface area (Å²) in [5.74, 6) is -1.88. The van der Waals surface area contributed by atoms with Gasteiger partial charge in [0.05, 0.1) is 15.2 Å². The predicted octanol–water partition coefficient (Wildman–Crippen LogP) is 5.64. The second-order valence-corrected chi connectivity index (χ2v) is 13.2. The van der Waals surface area contributed by atoms with Gasteiger partial charge in [0.15, 0.2) is 12.2 Å². The zero-order valence-corrected chi connectivity index (χ0v) is 23.7. The van der Waals surface area contributed by atoms with Gasteiger partial charge in [-0.25, -0.2) is 4.98 Å². The van der Waals surface area contributed by atoms with Crippen molar-refractivity contribution in [2.45, 2.75) is 110 Å². The number of aryl methyl sites for hydroxylation is 1. The van der Waals surface area contributed by atoms with Gasteiger partial charge in [0.2, 0.25) is 5.79 Å². The number of rotatable bonds is 2. The Bertz CT molecular complexity index is 1160. The highest BCUT2D eigenvalue weighted by Gasteiger charge is 2.71. The number of fused-ring (bicyclic) bond motifs is 2. The summed E-state index contributed by atoms with van der Waals surface area (Å²) in [7, 11) is 0.